The smallest absolute Gasteiger partial charge is 0.137 e. The Morgan fingerprint density at radius 1 is 1.33 bits per heavy atom. The topological polar surface area (TPSA) is 54.7 Å². The summed E-state index contributed by atoms with van der Waals surface area (Å²) in [7, 11) is 0. The minimum Gasteiger partial charge on any atom is -0.342 e. The van der Waals surface area contributed by atoms with E-state index in [4.69, 9.17) is 5.73 Å². The predicted molar refractivity (Wildman–Crippen MR) is 61.4 cm³/mol. The molecule has 1 aromatic heterocycles. The van der Waals surface area contributed by atoms with Crippen LogP contribution in [0.25, 0.3) is 11.4 Å². The van der Waals surface area contributed by atoms with Crippen LogP contribution in [0, 0.1) is 13.8 Å². The van der Waals surface area contributed by atoms with Crippen LogP contribution in [0.2, 0.25) is 0 Å². The third-order valence-corrected chi connectivity index (χ3v) is 2.56. The molecule has 2 rings (SSSR count). The van der Waals surface area contributed by atoms with Gasteiger partial charge in [-0.15, -0.1) is 0 Å². The summed E-state index contributed by atoms with van der Waals surface area (Å²) in [6.45, 7) is 4.59. The summed E-state index contributed by atoms with van der Waals surface area (Å²) in [5.74, 6) is 0.917. The van der Waals surface area contributed by atoms with Gasteiger partial charge in [-0.2, -0.15) is 0 Å². The SMILES string of the molecule is Cc1nc(-c2cccc(CN)c2)[nH]c1C. The third-order valence-electron chi connectivity index (χ3n) is 2.56. The second-order valence-corrected chi connectivity index (χ2v) is 3.70. The van der Waals surface area contributed by atoms with Gasteiger partial charge in [0, 0.05) is 17.8 Å². The average molecular weight is 201 g/mol. The van der Waals surface area contributed by atoms with Crippen molar-refractivity contribution < 1.29 is 0 Å². The molecule has 0 aliphatic carbocycles. The van der Waals surface area contributed by atoms with Crippen LogP contribution in [0.4, 0.5) is 0 Å². The molecule has 0 bridgehead atoms. The summed E-state index contributed by atoms with van der Waals surface area (Å²) in [5, 5.41) is 0. The molecule has 3 N–H and O–H groups in total. The quantitative estimate of drug-likeness (QED) is 0.782. The first-order chi connectivity index (χ1) is 7.20. The van der Waals surface area contributed by atoms with Gasteiger partial charge < -0.3 is 10.7 Å². The van der Waals surface area contributed by atoms with Crippen LogP contribution < -0.4 is 5.73 Å². The van der Waals surface area contributed by atoms with E-state index in [1.54, 1.807) is 0 Å². The lowest BCUT2D eigenvalue weighted by molar-refractivity contribution is 1.07. The maximum absolute atomic E-state index is 5.60. The van der Waals surface area contributed by atoms with Crippen LogP contribution in [0.15, 0.2) is 24.3 Å². The lowest BCUT2D eigenvalue weighted by atomic mass is 10.1. The van der Waals surface area contributed by atoms with E-state index in [0.29, 0.717) is 6.54 Å². The zero-order valence-electron chi connectivity index (χ0n) is 9.04. The molecule has 0 aliphatic rings. The van der Waals surface area contributed by atoms with Gasteiger partial charge in [0.05, 0.1) is 5.69 Å². The van der Waals surface area contributed by atoms with Crippen LogP contribution in [0.3, 0.4) is 0 Å². The Morgan fingerprint density at radius 2 is 2.13 bits per heavy atom. The molecule has 1 aromatic carbocycles. The highest BCUT2D eigenvalue weighted by Gasteiger charge is 2.04. The molecular weight excluding hydrogens is 186 g/mol. The molecule has 3 nitrogen and oxygen atoms in total. The summed E-state index contributed by atoms with van der Waals surface area (Å²) < 4.78 is 0. The predicted octanol–water partition coefficient (Wildman–Crippen LogP) is 2.15. The third kappa shape index (κ3) is 1.92. The standard InChI is InChI=1S/C12H15N3/c1-8-9(2)15-12(14-8)11-5-3-4-10(6-11)7-13/h3-6H,7,13H2,1-2H3,(H,14,15). The Bertz CT molecular complexity index is 452. The Labute approximate surface area is 89.4 Å². The van der Waals surface area contributed by atoms with E-state index in [1.165, 1.54) is 0 Å². The Balaban J connectivity index is 2.44. The molecule has 0 amide bonds. The highest BCUT2D eigenvalue weighted by Crippen LogP contribution is 2.18. The van der Waals surface area contributed by atoms with Crippen LogP contribution in [-0.2, 0) is 6.54 Å². The molecule has 0 fully saturated rings. The molecule has 15 heavy (non-hydrogen) atoms. The first-order valence-electron chi connectivity index (χ1n) is 5.03. The number of aromatic nitrogens is 2. The van der Waals surface area contributed by atoms with Crippen molar-refractivity contribution in [3.8, 4) is 11.4 Å². The van der Waals surface area contributed by atoms with Gasteiger partial charge in [0.2, 0.25) is 0 Å². The number of imidazole rings is 1. The first kappa shape index (κ1) is 9.93. The second kappa shape index (κ2) is 3.87. The van der Waals surface area contributed by atoms with Crippen LogP contribution >= 0.6 is 0 Å². The van der Waals surface area contributed by atoms with E-state index >= 15 is 0 Å². The Morgan fingerprint density at radius 3 is 2.73 bits per heavy atom. The largest absolute Gasteiger partial charge is 0.342 e. The monoisotopic (exact) mass is 201 g/mol. The number of H-pyrrole nitrogens is 1. The zero-order chi connectivity index (χ0) is 10.8. The molecule has 0 aliphatic heterocycles. The van der Waals surface area contributed by atoms with Gasteiger partial charge in [-0.3, -0.25) is 0 Å². The van der Waals surface area contributed by atoms with Crippen molar-refractivity contribution in [1.82, 2.24) is 9.97 Å². The van der Waals surface area contributed by atoms with E-state index in [2.05, 4.69) is 16.0 Å². The van der Waals surface area contributed by atoms with Gasteiger partial charge in [0.1, 0.15) is 5.82 Å². The Hall–Kier alpha value is -1.61. The second-order valence-electron chi connectivity index (χ2n) is 3.70. The fourth-order valence-electron chi connectivity index (χ4n) is 1.53. The van der Waals surface area contributed by atoms with Crippen molar-refractivity contribution in [3.05, 3.63) is 41.2 Å². The van der Waals surface area contributed by atoms with Gasteiger partial charge in [-0.1, -0.05) is 18.2 Å². The summed E-state index contributed by atoms with van der Waals surface area (Å²) in [6.07, 6.45) is 0. The lowest BCUT2D eigenvalue weighted by Gasteiger charge is -2.00. The molecule has 0 saturated carbocycles. The molecule has 0 radical (unpaired) electrons. The van der Waals surface area contributed by atoms with Crippen LogP contribution in [0.5, 0.6) is 0 Å². The van der Waals surface area contributed by atoms with E-state index in [9.17, 15) is 0 Å². The number of aromatic amines is 1. The van der Waals surface area contributed by atoms with Crippen molar-refractivity contribution in [2.75, 3.05) is 0 Å². The van der Waals surface area contributed by atoms with Gasteiger partial charge in [-0.25, -0.2) is 4.98 Å². The van der Waals surface area contributed by atoms with Crippen molar-refractivity contribution in [3.63, 3.8) is 0 Å². The molecule has 1 heterocycles. The fraction of sp³-hybridized carbons (Fsp3) is 0.250. The summed E-state index contributed by atoms with van der Waals surface area (Å²) in [5.41, 5.74) is 9.98. The fourth-order valence-corrected chi connectivity index (χ4v) is 1.53. The maximum Gasteiger partial charge on any atom is 0.137 e. The molecular formula is C12H15N3. The number of hydrogen-bond acceptors (Lipinski definition) is 2. The lowest BCUT2D eigenvalue weighted by Crippen LogP contribution is -1.96. The van der Waals surface area contributed by atoms with Gasteiger partial charge in [0.15, 0.2) is 0 Å². The van der Waals surface area contributed by atoms with Crippen LogP contribution in [0.1, 0.15) is 17.0 Å². The van der Waals surface area contributed by atoms with Crippen molar-refractivity contribution in [1.29, 1.82) is 0 Å². The number of aryl methyl sites for hydroxylation is 2. The molecule has 0 spiro atoms. The van der Waals surface area contributed by atoms with E-state index in [0.717, 1.165) is 28.3 Å². The van der Waals surface area contributed by atoms with E-state index in [1.807, 2.05) is 32.0 Å². The zero-order valence-corrected chi connectivity index (χ0v) is 9.04. The highest BCUT2D eigenvalue weighted by atomic mass is 14.9. The van der Waals surface area contributed by atoms with Gasteiger partial charge in [-0.05, 0) is 25.5 Å². The summed E-state index contributed by atoms with van der Waals surface area (Å²) in [4.78, 5) is 7.72. The highest BCUT2D eigenvalue weighted by molar-refractivity contribution is 5.57. The van der Waals surface area contributed by atoms with Gasteiger partial charge in [0.25, 0.3) is 0 Å². The molecule has 3 heteroatoms. The minimum absolute atomic E-state index is 0.562. The molecule has 0 atom stereocenters. The summed E-state index contributed by atoms with van der Waals surface area (Å²) in [6, 6.07) is 8.13. The number of nitrogens with one attached hydrogen (secondary N) is 1. The van der Waals surface area contributed by atoms with Gasteiger partial charge >= 0.3 is 0 Å². The average Bonchev–Trinajstić information content (AvgIpc) is 2.59. The normalized spacial score (nSPS) is 10.6. The minimum atomic E-state index is 0.562. The molecule has 0 unspecified atom stereocenters. The first-order valence-corrected chi connectivity index (χ1v) is 5.03. The maximum atomic E-state index is 5.60. The van der Waals surface area contributed by atoms with Crippen molar-refractivity contribution >= 4 is 0 Å². The number of benzene rings is 1. The van der Waals surface area contributed by atoms with Crippen LogP contribution in [-0.4, -0.2) is 9.97 Å². The number of nitrogens with zero attached hydrogens (tertiary/aromatic N) is 1. The van der Waals surface area contributed by atoms with E-state index < -0.39 is 0 Å². The number of nitrogens with two attached hydrogens (primary N) is 1. The molecule has 2 aromatic rings. The Kier molecular flexibility index (Phi) is 2.56. The van der Waals surface area contributed by atoms with Crippen molar-refractivity contribution in [2.45, 2.75) is 20.4 Å². The van der Waals surface area contributed by atoms with Crippen molar-refractivity contribution in [2.24, 2.45) is 5.73 Å². The molecule has 78 valence electrons. The molecule has 0 saturated heterocycles. The van der Waals surface area contributed by atoms with E-state index in [-0.39, 0.29) is 0 Å². The number of rotatable bonds is 2. The summed E-state index contributed by atoms with van der Waals surface area (Å²) >= 11 is 0. The number of hydrogen-bond donors (Lipinski definition) is 2.